The van der Waals surface area contributed by atoms with Gasteiger partial charge >= 0.3 is 0 Å². The molecule has 7 heteroatoms. The van der Waals surface area contributed by atoms with Crippen LogP contribution in [0.15, 0.2) is 28.8 Å². The summed E-state index contributed by atoms with van der Waals surface area (Å²) in [6, 6.07) is 6.74. The number of nitrogens with one attached hydrogen (secondary N) is 1. The van der Waals surface area contributed by atoms with Crippen LogP contribution in [0, 0.1) is 13.8 Å². The number of aryl methyl sites for hydroxylation is 2. The smallest absolute Gasteiger partial charge is 0.258 e. The van der Waals surface area contributed by atoms with Crippen LogP contribution in [-0.4, -0.2) is 23.2 Å². The van der Waals surface area contributed by atoms with Gasteiger partial charge in [-0.3, -0.25) is 4.79 Å². The van der Waals surface area contributed by atoms with Crippen LogP contribution in [0.1, 0.15) is 21.7 Å². The highest BCUT2D eigenvalue weighted by atomic mass is 35.5. The van der Waals surface area contributed by atoms with E-state index in [0.29, 0.717) is 44.5 Å². The molecule has 0 bridgehead atoms. The molecule has 0 spiro atoms. The first-order chi connectivity index (χ1) is 11.0. The highest BCUT2D eigenvalue weighted by Gasteiger charge is 2.18. The lowest BCUT2D eigenvalue weighted by molar-refractivity contribution is 0.102. The molecule has 23 heavy (non-hydrogen) atoms. The van der Waals surface area contributed by atoms with Gasteiger partial charge in [0.1, 0.15) is 5.75 Å². The standard InChI is InChI=1S/C16H14ClN3O3/c1-8-6-11(14-9(2)20-23-16(14)18-8)15(21)19-10-4-5-13(22-3)12(17)7-10/h4-7H,1-3H3,(H,19,21). The van der Waals surface area contributed by atoms with Crippen molar-refractivity contribution in [2.24, 2.45) is 0 Å². The fraction of sp³-hybridized carbons (Fsp3) is 0.188. The Bertz CT molecular complexity index is 905. The molecular weight excluding hydrogens is 318 g/mol. The number of halogens is 1. The molecule has 0 unspecified atom stereocenters. The highest BCUT2D eigenvalue weighted by molar-refractivity contribution is 6.32. The van der Waals surface area contributed by atoms with E-state index in [0.717, 1.165) is 0 Å². The Morgan fingerprint density at radius 2 is 2.09 bits per heavy atom. The predicted molar refractivity (Wildman–Crippen MR) is 87.2 cm³/mol. The number of carbonyl (C=O) groups is 1. The summed E-state index contributed by atoms with van der Waals surface area (Å²) in [4.78, 5) is 16.9. The largest absolute Gasteiger partial charge is 0.495 e. The first-order valence-electron chi connectivity index (χ1n) is 6.88. The molecule has 0 aliphatic carbocycles. The maximum atomic E-state index is 12.6. The quantitative estimate of drug-likeness (QED) is 0.790. The van der Waals surface area contributed by atoms with Crippen molar-refractivity contribution in [2.45, 2.75) is 13.8 Å². The topological polar surface area (TPSA) is 77.2 Å². The van der Waals surface area contributed by atoms with E-state index in [9.17, 15) is 4.79 Å². The second kappa shape index (κ2) is 5.89. The van der Waals surface area contributed by atoms with Crippen LogP contribution in [0.2, 0.25) is 5.02 Å². The third-order valence-corrected chi connectivity index (χ3v) is 3.69. The maximum Gasteiger partial charge on any atom is 0.258 e. The first-order valence-corrected chi connectivity index (χ1v) is 7.26. The number of amides is 1. The molecule has 1 aromatic carbocycles. The Morgan fingerprint density at radius 1 is 1.30 bits per heavy atom. The van der Waals surface area contributed by atoms with Gasteiger partial charge < -0.3 is 14.6 Å². The van der Waals surface area contributed by atoms with Gasteiger partial charge in [0.05, 0.1) is 28.8 Å². The van der Waals surface area contributed by atoms with Crippen LogP contribution in [0.4, 0.5) is 5.69 Å². The zero-order valence-electron chi connectivity index (χ0n) is 12.8. The summed E-state index contributed by atoms with van der Waals surface area (Å²) < 4.78 is 10.2. The molecule has 1 amide bonds. The van der Waals surface area contributed by atoms with E-state index in [1.54, 1.807) is 38.1 Å². The Labute approximate surface area is 137 Å². The summed E-state index contributed by atoms with van der Waals surface area (Å²) in [5.74, 6) is 0.259. The fourth-order valence-corrected chi connectivity index (χ4v) is 2.60. The van der Waals surface area contributed by atoms with Gasteiger partial charge in [0.15, 0.2) is 0 Å². The monoisotopic (exact) mass is 331 g/mol. The molecule has 0 atom stereocenters. The molecule has 2 heterocycles. The molecule has 0 saturated carbocycles. The third-order valence-electron chi connectivity index (χ3n) is 3.40. The number of anilines is 1. The van der Waals surface area contributed by atoms with Gasteiger partial charge in [-0.2, -0.15) is 0 Å². The lowest BCUT2D eigenvalue weighted by Gasteiger charge is -2.09. The second-order valence-corrected chi connectivity index (χ2v) is 5.47. The number of aromatic nitrogens is 2. The summed E-state index contributed by atoms with van der Waals surface area (Å²) >= 11 is 6.08. The van der Waals surface area contributed by atoms with Gasteiger partial charge in [-0.25, -0.2) is 4.98 Å². The minimum Gasteiger partial charge on any atom is -0.495 e. The van der Waals surface area contributed by atoms with Crippen LogP contribution in [-0.2, 0) is 0 Å². The molecule has 0 saturated heterocycles. The number of carbonyl (C=O) groups excluding carboxylic acids is 1. The van der Waals surface area contributed by atoms with Crippen LogP contribution in [0.3, 0.4) is 0 Å². The van der Waals surface area contributed by atoms with E-state index < -0.39 is 0 Å². The molecule has 3 aromatic rings. The van der Waals surface area contributed by atoms with Crippen molar-refractivity contribution in [1.29, 1.82) is 0 Å². The summed E-state index contributed by atoms with van der Waals surface area (Å²) in [5.41, 5.74) is 2.66. The van der Waals surface area contributed by atoms with E-state index in [4.69, 9.17) is 20.9 Å². The van der Waals surface area contributed by atoms with Gasteiger partial charge in [-0.15, -0.1) is 0 Å². The minimum atomic E-state index is -0.284. The molecule has 6 nitrogen and oxygen atoms in total. The van der Waals surface area contributed by atoms with Crippen LogP contribution in [0.25, 0.3) is 11.1 Å². The lowest BCUT2D eigenvalue weighted by atomic mass is 10.1. The van der Waals surface area contributed by atoms with E-state index in [2.05, 4.69) is 15.5 Å². The summed E-state index contributed by atoms with van der Waals surface area (Å²) in [6.07, 6.45) is 0. The predicted octanol–water partition coefficient (Wildman–Crippen LogP) is 3.75. The molecule has 3 rings (SSSR count). The Kier molecular flexibility index (Phi) is 3.92. The number of fused-ring (bicyclic) bond motifs is 1. The fourth-order valence-electron chi connectivity index (χ4n) is 2.34. The maximum absolute atomic E-state index is 12.6. The minimum absolute atomic E-state index is 0.284. The van der Waals surface area contributed by atoms with Crippen molar-refractivity contribution in [2.75, 3.05) is 12.4 Å². The summed E-state index contributed by atoms with van der Waals surface area (Å²) in [5, 5.41) is 7.70. The zero-order valence-corrected chi connectivity index (χ0v) is 13.6. The lowest BCUT2D eigenvalue weighted by Crippen LogP contribution is -2.13. The van der Waals surface area contributed by atoms with E-state index in [1.165, 1.54) is 7.11 Å². The van der Waals surface area contributed by atoms with Crippen LogP contribution in [0.5, 0.6) is 5.75 Å². The Balaban J connectivity index is 1.98. The average Bonchev–Trinajstić information content (AvgIpc) is 2.87. The van der Waals surface area contributed by atoms with Crippen molar-refractivity contribution in [3.63, 3.8) is 0 Å². The molecule has 1 N–H and O–H groups in total. The van der Waals surface area contributed by atoms with Gasteiger partial charge in [0, 0.05) is 11.4 Å². The van der Waals surface area contributed by atoms with E-state index in [1.807, 2.05) is 0 Å². The van der Waals surface area contributed by atoms with Gasteiger partial charge in [0.25, 0.3) is 11.6 Å². The molecular formula is C16H14ClN3O3. The van der Waals surface area contributed by atoms with Gasteiger partial charge in [0.2, 0.25) is 0 Å². The van der Waals surface area contributed by atoms with Gasteiger partial charge in [-0.05, 0) is 38.1 Å². The second-order valence-electron chi connectivity index (χ2n) is 5.06. The number of methoxy groups -OCH3 is 1. The van der Waals surface area contributed by atoms with Crippen molar-refractivity contribution in [3.05, 3.63) is 46.2 Å². The number of ether oxygens (including phenoxy) is 1. The van der Waals surface area contributed by atoms with Crippen LogP contribution < -0.4 is 10.1 Å². The van der Waals surface area contributed by atoms with Crippen molar-refractivity contribution in [1.82, 2.24) is 10.1 Å². The summed E-state index contributed by atoms with van der Waals surface area (Å²) in [6.45, 7) is 3.56. The number of hydrogen-bond donors (Lipinski definition) is 1. The Morgan fingerprint density at radius 3 is 2.78 bits per heavy atom. The first kappa shape index (κ1) is 15.3. The average molecular weight is 332 g/mol. The number of rotatable bonds is 3. The molecule has 0 radical (unpaired) electrons. The van der Waals surface area contributed by atoms with Crippen LogP contribution >= 0.6 is 11.6 Å². The molecule has 0 aliphatic heterocycles. The van der Waals surface area contributed by atoms with Crippen molar-refractivity contribution < 1.29 is 14.1 Å². The molecule has 0 aliphatic rings. The van der Waals surface area contributed by atoms with Crippen molar-refractivity contribution in [3.8, 4) is 5.75 Å². The highest BCUT2D eigenvalue weighted by Crippen LogP contribution is 2.28. The third kappa shape index (κ3) is 2.85. The van der Waals surface area contributed by atoms with Crippen molar-refractivity contribution >= 4 is 34.3 Å². The van der Waals surface area contributed by atoms with E-state index in [-0.39, 0.29) is 5.91 Å². The normalized spacial score (nSPS) is 10.8. The molecule has 0 fully saturated rings. The Hall–Kier alpha value is -2.60. The number of pyridine rings is 1. The number of benzene rings is 1. The van der Waals surface area contributed by atoms with E-state index >= 15 is 0 Å². The molecule has 118 valence electrons. The summed E-state index contributed by atoms with van der Waals surface area (Å²) in [7, 11) is 1.53. The zero-order chi connectivity index (χ0) is 16.6. The molecule has 2 aromatic heterocycles. The van der Waals surface area contributed by atoms with Gasteiger partial charge in [-0.1, -0.05) is 16.8 Å². The number of nitrogens with zero attached hydrogens (tertiary/aromatic N) is 2. The number of hydrogen-bond acceptors (Lipinski definition) is 5. The SMILES string of the molecule is COc1ccc(NC(=O)c2cc(C)nc3onc(C)c23)cc1Cl.